The average molecular weight is 171 g/mol. The molecule has 0 aromatic rings. The lowest BCUT2D eigenvalue weighted by atomic mass is 10.2. The fourth-order valence-electron chi connectivity index (χ4n) is 1.61. The molecule has 0 spiro atoms. The Balaban J connectivity index is 2.51. The van der Waals surface area contributed by atoms with Gasteiger partial charge in [-0.05, 0) is 12.8 Å². The van der Waals surface area contributed by atoms with Gasteiger partial charge in [-0.2, -0.15) is 0 Å². The number of likely N-dealkylation sites (N-methyl/N-ethyl adjacent to an activating group) is 1. The highest BCUT2D eigenvalue weighted by Crippen LogP contribution is 2.22. The van der Waals surface area contributed by atoms with Crippen molar-refractivity contribution in [3.63, 3.8) is 0 Å². The fraction of sp³-hybridized carbons (Fsp3) is 0.750. The predicted molar refractivity (Wildman–Crippen MR) is 42.7 cm³/mol. The highest BCUT2D eigenvalue weighted by atomic mass is 16.4. The molecule has 4 heteroatoms. The van der Waals surface area contributed by atoms with Gasteiger partial charge >= 0.3 is 11.9 Å². The molecule has 12 heavy (non-hydrogen) atoms. The SMILES string of the molecule is CN(C(=O)C(=O)O)C1CCCC1. The molecule has 1 rings (SSSR count). The first-order valence-corrected chi connectivity index (χ1v) is 4.13. The molecule has 0 aromatic carbocycles. The first-order chi connectivity index (χ1) is 5.63. The van der Waals surface area contributed by atoms with Crippen LogP contribution in [-0.4, -0.2) is 35.0 Å². The molecule has 0 unspecified atom stereocenters. The molecule has 68 valence electrons. The van der Waals surface area contributed by atoms with Gasteiger partial charge in [0.05, 0.1) is 0 Å². The van der Waals surface area contributed by atoms with Crippen LogP contribution in [-0.2, 0) is 9.59 Å². The maximum atomic E-state index is 11.0. The molecular formula is C8H13NO3. The van der Waals surface area contributed by atoms with Crippen molar-refractivity contribution < 1.29 is 14.7 Å². The Morgan fingerprint density at radius 3 is 2.25 bits per heavy atom. The summed E-state index contributed by atoms with van der Waals surface area (Å²) in [5.74, 6) is -2.15. The summed E-state index contributed by atoms with van der Waals surface area (Å²) in [7, 11) is 1.56. The Bertz CT molecular complexity index is 196. The number of hydrogen-bond donors (Lipinski definition) is 1. The van der Waals surface area contributed by atoms with Gasteiger partial charge < -0.3 is 10.0 Å². The van der Waals surface area contributed by atoms with Crippen LogP contribution in [0.3, 0.4) is 0 Å². The number of amides is 1. The van der Waals surface area contributed by atoms with Crippen molar-refractivity contribution in [2.75, 3.05) is 7.05 Å². The number of carbonyl (C=O) groups is 2. The fourth-order valence-corrected chi connectivity index (χ4v) is 1.61. The minimum absolute atomic E-state index is 0.147. The highest BCUT2D eigenvalue weighted by Gasteiger charge is 2.26. The van der Waals surface area contributed by atoms with E-state index in [9.17, 15) is 9.59 Å². The van der Waals surface area contributed by atoms with Crippen LogP contribution in [0.4, 0.5) is 0 Å². The highest BCUT2D eigenvalue weighted by molar-refractivity contribution is 6.31. The summed E-state index contributed by atoms with van der Waals surface area (Å²) in [6.45, 7) is 0. The first-order valence-electron chi connectivity index (χ1n) is 4.13. The minimum Gasteiger partial charge on any atom is -0.474 e. The Morgan fingerprint density at radius 2 is 1.83 bits per heavy atom. The van der Waals surface area contributed by atoms with Crippen LogP contribution < -0.4 is 0 Å². The van der Waals surface area contributed by atoms with E-state index < -0.39 is 11.9 Å². The number of nitrogens with zero attached hydrogens (tertiary/aromatic N) is 1. The van der Waals surface area contributed by atoms with Crippen molar-refractivity contribution in [3.8, 4) is 0 Å². The lowest BCUT2D eigenvalue weighted by molar-refractivity contribution is -0.156. The summed E-state index contributed by atoms with van der Waals surface area (Å²) >= 11 is 0. The minimum atomic E-state index is -1.36. The van der Waals surface area contributed by atoms with Gasteiger partial charge in [0.2, 0.25) is 0 Å². The Kier molecular flexibility index (Phi) is 2.68. The van der Waals surface area contributed by atoms with Crippen LogP contribution in [0.2, 0.25) is 0 Å². The van der Waals surface area contributed by atoms with Crippen molar-refractivity contribution in [1.82, 2.24) is 4.90 Å². The summed E-state index contributed by atoms with van der Waals surface area (Å²) in [5.41, 5.74) is 0. The van der Waals surface area contributed by atoms with Crippen LogP contribution in [0.25, 0.3) is 0 Å². The van der Waals surface area contributed by atoms with Crippen molar-refractivity contribution in [2.24, 2.45) is 0 Å². The third kappa shape index (κ3) is 1.75. The molecule has 1 N–H and O–H groups in total. The zero-order valence-electron chi connectivity index (χ0n) is 7.12. The van der Waals surface area contributed by atoms with E-state index in [0.29, 0.717) is 0 Å². The zero-order chi connectivity index (χ0) is 9.14. The van der Waals surface area contributed by atoms with E-state index in [0.717, 1.165) is 25.7 Å². The summed E-state index contributed by atoms with van der Waals surface area (Å²) in [6, 6.07) is 0.147. The Morgan fingerprint density at radius 1 is 1.33 bits per heavy atom. The third-order valence-electron chi connectivity index (χ3n) is 2.38. The molecule has 1 aliphatic carbocycles. The number of aliphatic carboxylic acids is 1. The summed E-state index contributed by atoms with van der Waals surface area (Å²) in [5, 5.41) is 8.42. The topological polar surface area (TPSA) is 57.6 Å². The molecule has 0 saturated heterocycles. The monoisotopic (exact) mass is 171 g/mol. The van der Waals surface area contributed by atoms with Gasteiger partial charge in [0, 0.05) is 13.1 Å². The molecule has 0 radical (unpaired) electrons. The zero-order valence-corrected chi connectivity index (χ0v) is 7.12. The second kappa shape index (κ2) is 3.56. The largest absolute Gasteiger partial charge is 0.474 e. The van der Waals surface area contributed by atoms with E-state index in [-0.39, 0.29) is 6.04 Å². The number of carbonyl (C=O) groups excluding carboxylic acids is 1. The molecule has 0 bridgehead atoms. The molecule has 4 nitrogen and oxygen atoms in total. The van der Waals surface area contributed by atoms with Crippen LogP contribution in [0.15, 0.2) is 0 Å². The van der Waals surface area contributed by atoms with Crippen LogP contribution in [0.5, 0.6) is 0 Å². The number of hydrogen-bond acceptors (Lipinski definition) is 2. The van der Waals surface area contributed by atoms with Gasteiger partial charge in [0.1, 0.15) is 0 Å². The summed E-state index contributed by atoms with van der Waals surface area (Å²) in [6.07, 6.45) is 4.08. The van der Waals surface area contributed by atoms with Gasteiger partial charge in [0.15, 0.2) is 0 Å². The Hall–Kier alpha value is -1.06. The normalized spacial score (nSPS) is 17.8. The van der Waals surface area contributed by atoms with Crippen LogP contribution in [0.1, 0.15) is 25.7 Å². The van der Waals surface area contributed by atoms with E-state index in [1.54, 1.807) is 7.05 Å². The molecule has 0 aliphatic heterocycles. The van der Waals surface area contributed by atoms with Gasteiger partial charge in [-0.15, -0.1) is 0 Å². The number of carboxylic acids is 1. The number of carboxylic acid groups (broad SMARTS) is 1. The Labute approximate surface area is 71.2 Å². The van der Waals surface area contributed by atoms with E-state index in [1.807, 2.05) is 0 Å². The smallest absolute Gasteiger partial charge is 0.394 e. The lowest BCUT2D eigenvalue weighted by Crippen LogP contribution is -2.39. The second-order valence-electron chi connectivity index (χ2n) is 3.16. The lowest BCUT2D eigenvalue weighted by Gasteiger charge is -2.21. The molecule has 0 heterocycles. The summed E-state index contributed by atoms with van der Waals surface area (Å²) in [4.78, 5) is 22.6. The quantitative estimate of drug-likeness (QED) is 0.583. The molecular weight excluding hydrogens is 158 g/mol. The predicted octanol–water partition coefficient (Wildman–Crippen LogP) is 0.472. The average Bonchev–Trinajstić information content (AvgIpc) is 2.53. The van der Waals surface area contributed by atoms with E-state index in [2.05, 4.69) is 0 Å². The molecule has 1 saturated carbocycles. The first kappa shape index (κ1) is 9.03. The molecule has 1 aliphatic rings. The molecule has 0 atom stereocenters. The third-order valence-corrected chi connectivity index (χ3v) is 2.38. The van der Waals surface area contributed by atoms with Crippen molar-refractivity contribution in [3.05, 3.63) is 0 Å². The van der Waals surface area contributed by atoms with Gasteiger partial charge in [-0.3, -0.25) is 4.79 Å². The van der Waals surface area contributed by atoms with Crippen LogP contribution >= 0.6 is 0 Å². The number of rotatable bonds is 1. The van der Waals surface area contributed by atoms with Gasteiger partial charge in [0.25, 0.3) is 0 Å². The van der Waals surface area contributed by atoms with Crippen LogP contribution in [0, 0.1) is 0 Å². The summed E-state index contributed by atoms with van der Waals surface area (Å²) < 4.78 is 0. The maximum Gasteiger partial charge on any atom is 0.394 e. The van der Waals surface area contributed by atoms with Crippen molar-refractivity contribution >= 4 is 11.9 Å². The second-order valence-corrected chi connectivity index (χ2v) is 3.16. The standard InChI is InChI=1S/C8H13NO3/c1-9(7(10)8(11)12)6-4-2-3-5-6/h6H,2-5H2,1H3,(H,11,12). The van der Waals surface area contributed by atoms with E-state index >= 15 is 0 Å². The molecule has 1 fully saturated rings. The van der Waals surface area contributed by atoms with Gasteiger partial charge in [-0.1, -0.05) is 12.8 Å². The van der Waals surface area contributed by atoms with Crippen molar-refractivity contribution in [1.29, 1.82) is 0 Å². The van der Waals surface area contributed by atoms with E-state index in [1.165, 1.54) is 4.90 Å². The van der Waals surface area contributed by atoms with E-state index in [4.69, 9.17) is 5.11 Å². The molecule has 0 aromatic heterocycles. The van der Waals surface area contributed by atoms with Crippen molar-refractivity contribution in [2.45, 2.75) is 31.7 Å². The van der Waals surface area contributed by atoms with Gasteiger partial charge in [-0.25, -0.2) is 4.79 Å². The maximum absolute atomic E-state index is 11.0. The molecule has 1 amide bonds.